The van der Waals surface area contributed by atoms with Crippen molar-refractivity contribution in [2.24, 2.45) is 5.10 Å². The molecule has 9 nitrogen and oxygen atoms in total. The lowest BCUT2D eigenvalue weighted by molar-refractivity contribution is -0.135. The smallest absolute Gasteiger partial charge is 0.257 e. The van der Waals surface area contributed by atoms with E-state index in [-0.39, 0.29) is 31.2 Å². The fourth-order valence-electron chi connectivity index (χ4n) is 4.56. The van der Waals surface area contributed by atoms with E-state index in [1.165, 1.54) is 0 Å². The van der Waals surface area contributed by atoms with Crippen molar-refractivity contribution in [1.29, 1.82) is 0 Å². The number of hydrazone groups is 1. The van der Waals surface area contributed by atoms with Crippen LogP contribution in [0.1, 0.15) is 30.5 Å². The Balaban J connectivity index is 1.37. The number of ether oxygens (including phenoxy) is 3. The van der Waals surface area contributed by atoms with Gasteiger partial charge in [0.05, 0.1) is 25.4 Å². The Kier molecular flexibility index (Phi) is 6.10. The van der Waals surface area contributed by atoms with Gasteiger partial charge < -0.3 is 19.1 Å². The molecule has 0 N–H and O–H groups in total. The number of hydrogen-bond acceptors (Lipinski definition) is 7. The molecule has 0 bridgehead atoms. The van der Waals surface area contributed by atoms with Crippen LogP contribution in [0.2, 0.25) is 0 Å². The normalized spacial score (nSPS) is 19.8. The van der Waals surface area contributed by atoms with Gasteiger partial charge >= 0.3 is 0 Å². The minimum Gasteiger partial charge on any atom is -0.497 e. The van der Waals surface area contributed by atoms with Crippen molar-refractivity contribution in [3.8, 4) is 17.2 Å². The van der Waals surface area contributed by atoms with Crippen LogP contribution in [0.25, 0.3) is 0 Å². The summed E-state index contributed by atoms with van der Waals surface area (Å²) in [6.07, 6.45) is 0.593. The topological polar surface area (TPSA) is 83.9 Å². The highest BCUT2D eigenvalue weighted by molar-refractivity contribution is 6.03. The first-order chi connectivity index (χ1) is 16.5. The van der Waals surface area contributed by atoms with Gasteiger partial charge in [0.2, 0.25) is 12.7 Å². The number of piperazine rings is 1. The van der Waals surface area contributed by atoms with E-state index >= 15 is 0 Å². The van der Waals surface area contributed by atoms with E-state index in [9.17, 15) is 9.59 Å². The standard InChI is InChI=1S/C25H28N4O5/c1-17(30)28-11-9-27(10-12-28)15-25(31)29-22(19-5-8-23-24(13-19)34-16-33-23)14-21(26-29)18-3-6-20(32-2)7-4-18/h3-8,13,22H,9-12,14-16H2,1-2H3. The molecule has 2 aromatic carbocycles. The zero-order valence-corrected chi connectivity index (χ0v) is 19.4. The van der Waals surface area contributed by atoms with Crippen molar-refractivity contribution in [3.05, 3.63) is 53.6 Å². The second kappa shape index (κ2) is 9.34. The molecule has 0 spiro atoms. The second-order valence-electron chi connectivity index (χ2n) is 8.63. The van der Waals surface area contributed by atoms with Gasteiger partial charge in [-0.2, -0.15) is 5.10 Å². The van der Waals surface area contributed by atoms with Crippen LogP contribution in [0.3, 0.4) is 0 Å². The SMILES string of the molecule is COc1ccc(C2=NN(C(=O)CN3CCN(C(C)=O)CC3)C(c3ccc4c(c3)OCO4)C2)cc1. The number of fused-ring (bicyclic) bond motifs is 1. The summed E-state index contributed by atoms with van der Waals surface area (Å²) in [4.78, 5) is 29.0. The van der Waals surface area contributed by atoms with Crippen molar-refractivity contribution in [3.63, 3.8) is 0 Å². The van der Waals surface area contributed by atoms with E-state index in [1.807, 2.05) is 47.4 Å². The highest BCUT2D eigenvalue weighted by atomic mass is 16.7. The van der Waals surface area contributed by atoms with Crippen LogP contribution in [0.5, 0.6) is 17.2 Å². The van der Waals surface area contributed by atoms with Crippen molar-refractivity contribution in [2.45, 2.75) is 19.4 Å². The highest BCUT2D eigenvalue weighted by Gasteiger charge is 2.35. The Hall–Kier alpha value is -3.59. The summed E-state index contributed by atoms with van der Waals surface area (Å²) >= 11 is 0. The largest absolute Gasteiger partial charge is 0.497 e. The zero-order valence-electron chi connectivity index (χ0n) is 19.4. The number of benzene rings is 2. The third-order valence-corrected chi connectivity index (χ3v) is 6.55. The molecule has 0 radical (unpaired) electrons. The molecule has 0 aliphatic carbocycles. The first-order valence-corrected chi connectivity index (χ1v) is 11.4. The molecular formula is C25H28N4O5. The molecule has 3 aliphatic heterocycles. The molecule has 9 heteroatoms. The fraction of sp³-hybridized carbons (Fsp3) is 0.400. The van der Waals surface area contributed by atoms with Crippen LogP contribution in [0.4, 0.5) is 0 Å². The van der Waals surface area contributed by atoms with E-state index in [1.54, 1.807) is 19.0 Å². The third-order valence-electron chi connectivity index (χ3n) is 6.55. The molecular weight excluding hydrogens is 436 g/mol. The predicted octanol–water partition coefficient (Wildman–Crippen LogP) is 2.27. The van der Waals surface area contributed by atoms with E-state index in [0.717, 1.165) is 22.6 Å². The molecule has 1 atom stereocenters. The minimum atomic E-state index is -0.238. The van der Waals surface area contributed by atoms with Gasteiger partial charge in [-0.05, 0) is 47.5 Å². The maximum Gasteiger partial charge on any atom is 0.257 e. The summed E-state index contributed by atoms with van der Waals surface area (Å²) in [5.41, 5.74) is 2.75. The summed E-state index contributed by atoms with van der Waals surface area (Å²) in [5, 5.41) is 6.38. The Morgan fingerprint density at radius 1 is 1.03 bits per heavy atom. The van der Waals surface area contributed by atoms with Crippen LogP contribution in [-0.2, 0) is 9.59 Å². The first-order valence-electron chi connectivity index (χ1n) is 11.4. The third kappa shape index (κ3) is 4.43. The van der Waals surface area contributed by atoms with Gasteiger partial charge in [-0.15, -0.1) is 0 Å². The van der Waals surface area contributed by atoms with E-state index in [0.29, 0.717) is 44.1 Å². The number of carbonyl (C=O) groups excluding carboxylic acids is 2. The average Bonchev–Trinajstić information content (AvgIpc) is 3.51. The molecule has 3 aliphatic rings. The summed E-state index contributed by atoms with van der Waals surface area (Å²) in [6, 6.07) is 13.3. The van der Waals surface area contributed by atoms with Crippen molar-refractivity contribution in [2.75, 3.05) is 46.6 Å². The Labute approximate surface area is 198 Å². The van der Waals surface area contributed by atoms with E-state index in [2.05, 4.69) is 4.90 Å². The summed E-state index contributed by atoms with van der Waals surface area (Å²) in [5.74, 6) is 2.17. The van der Waals surface area contributed by atoms with Gasteiger partial charge in [-0.1, -0.05) is 6.07 Å². The zero-order chi connectivity index (χ0) is 23.7. The van der Waals surface area contributed by atoms with Crippen LogP contribution in [-0.4, -0.2) is 79.0 Å². The molecule has 0 saturated carbocycles. The second-order valence-corrected chi connectivity index (χ2v) is 8.63. The number of nitrogens with zero attached hydrogens (tertiary/aromatic N) is 4. The number of carbonyl (C=O) groups is 2. The number of rotatable bonds is 5. The maximum absolute atomic E-state index is 13.4. The molecule has 0 aromatic heterocycles. The Bertz CT molecular complexity index is 1110. The minimum absolute atomic E-state index is 0.0672. The van der Waals surface area contributed by atoms with Gasteiger partial charge in [-0.3, -0.25) is 14.5 Å². The Morgan fingerprint density at radius 3 is 2.47 bits per heavy atom. The van der Waals surface area contributed by atoms with Crippen molar-refractivity contribution < 1.29 is 23.8 Å². The molecule has 178 valence electrons. The first kappa shape index (κ1) is 22.2. The predicted molar refractivity (Wildman–Crippen MR) is 125 cm³/mol. The lowest BCUT2D eigenvalue weighted by Crippen LogP contribution is -2.50. The maximum atomic E-state index is 13.4. The molecule has 5 rings (SSSR count). The van der Waals surface area contributed by atoms with Gasteiger partial charge in [-0.25, -0.2) is 5.01 Å². The van der Waals surface area contributed by atoms with Gasteiger partial charge in [0.1, 0.15) is 5.75 Å². The number of hydrogen-bond donors (Lipinski definition) is 0. The number of amides is 2. The van der Waals surface area contributed by atoms with Crippen LogP contribution in [0, 0.1) is 0 Å². The quantitative estimate of drug-likeness (QED) is 0.675. The highest BCUT2D eigenvalue weighted by Crippen LogP contribution is 2.39. The van der Waals surface area contributed by atoms with Crippen LogP contribution < -0.4 is 14.2 Å². The molecule has 2 amide bonds. The summed E-state index contributed by atoms with van der Waals surface area (Å²) < 4.78 is 16.3. The monoisotopic (exact) mass is 464 g/mol. The van der Waals surface area contributed by atoms with Crippen molar-refractivity contribution >= 4 is 17.5 Å². The van der Waals surface area contributed by atoms with E-state index < -0.39 is 0 Å². The van der Waals surface area contributed by atoms with Gasteiger partial charge in [0.25, 0.3) is 5.91 Å². The van der Waals surface area contributed by atoms with Crippen LogP contribution >= 0.6 is 0 Å². The summed E-state index contributed by atoms with van der Waals surface area (Å²) in [7, 11) is 1.63. The molecule has 1 fully saturated rings. The molecule has 1 saturated heterocycles. The van der Waals surface area contributed by atoms with Crippen LogP contribution in [0.15, 0.2) is 47.6 Å². The van der Waals surface area contributed by atoms with Gasteiger partial charge in [0, 0.05) is 39.5 Å². The average molecular weight is 465 g/mol. The summed E-state index contributed by atoms with van der Waals surface area (Å²) in [6.45, 7) is 4.64. The molecule has 34 heavy (non-hydrogen) atoms. The lowest BCUT2D eigenvalue weighted by atomic mass is 9.98. The fourth-order valence-corrected chi connectivity index (χ4v) is 4.56. The van der Waals surface area contributed by atoms with Crippen molar-refractivity contribution in [1.82, 2.24) is 14.8 Å². The molecule has 3 heterocycles. The van der Waals surface area contributed by atoms with E-state index in [4.69, 9.17) is 19.3 Å². The lowest BCUT2D eigenvalue weighted by Gasteiger charge is -2.34. The Morgan fingerprint density at radius 2 is 1.76 bits per heavy atom. The van der Waals surface area contributed by atoms with Gasteiger partial charge in [0.15, 0.2) is 11.5 Å². The number of methoxy groups -OCH3 is 1. The molecule has 2 aromatic rings. The molecule has 1 unspecified atom stereocenters.